The standard InChI is InChI=1S/C22H17ClN2O2/c23-14-11-19-16-8-4-10-18(16)21(24-22(19)20(12-14)25(26)27)17-9-3-6-13-5-1-2-7-15(13)17/h1-9,11-12,16,18,21,24H,10H2. The number of allylic oxidation sites excluding steroid dienone is 2. The number of anilines is 1. The Labute approximate surface area is 161 Å². The molecule has 0 amide bonds. The van der Waals surface area contributed by atoms with Crippen molar-refractivity contribution < 1.29 is 4.92 Å². The molecular formula is C22H17ClN2O2. The van der Waals surface area contributed by atoms with Gasteiger partial charge in [0.2, 0.25) is 0 Å². The van der Waals surface area contributed by atoms with Gasteiger partial charge in [-0.15, -0.1) is 0 Å². The van der Waals surface area contributed by atoms with Crippen LogP contribution >= 0.6 is 11.6 Å². The van der Waals surface area contributed by atoms with Crippen LogP contribution in [-0.4, -0.2) is 4.92 Å². The van der Waals surface area contributed by atoms with Crippen molar-refractivity contribution in [2.75, 3.05) is 5.32 Å². The van der Waals surface area contributed by atoms with E-state index < -0.39 is 0 Å². The number of rotatable bonds is 2. The topological polar surface area (TPSA) is 55.2 Å². The highest BCUT2D eigenvalue weighted by atomic mass is 35.5. The summed E-state index contributed by atoms with van der Waals surface area (Å²) in [5.41, 5.74) is 2.74. The van der Waals surface area contributed by atoms with Gasteiger partial charge in [-0.3, -0.25) is 10.1 Å². The second kappa shape index (κ2) is 6.10. The van der Waals surface area contributed by atoms with Crippen LogP contribution in [0.1, 0.15) is 29.5 Å². The molecule has 0 saturated carbocycles. The summed E-state index contributed by atoms with van der Waals surface area (Å²) in [7, 11) is 0. The molecule has 1 aliphatic heterocycles. The Bertz CT molecular complexity index is 1100. The number of hydrogen-bond donors (Lipinski definition) is 1. The third-order valence-corrected chi connectivity index (χ3v) is 5.99. The third kappa shape index (κ3) is 2.52. The predicted octanol–water partition coefficient (Wildman–Crippen LogP) is 6.23. The van der Waals surface area contributed by atoms with Crippen molar-refractivity contribution in [3.8, 4) is 0 Å². The first-order valence-electron chi connectivity index (χ1n) is 9.02. The van der Waals surface area contributed by atoms with Crippen molar-refractivity contribution in [3.63, 3.8) is 0 Å². The number of halogens is 1. The summed E-state index contributed by atoms with van der Waals surface area (Å²) in [6.07, 6.45) is 5.28. The average Bonchev–Trinajstić information content (AvgIpc) is 3.16. The van der Waals surface area contributed by atoms with Crippen LogP contribution in [0.15, 0.2) is 66.7 Å². The zero-order chi connectivity index (χ0) is 18.5. The lowest BCUT2D eigenvalue weighted by atomic mass is 9.76. The lowest BCUT2D eigenvalue weighted by Crippen LogP contribution is -2.29. The molecule has 134 valence electrons. The fraction of sp³-hybridized carbons (Fsp3) is 0.182. The number of nitrogens with one attached hydrogen (secondary N) is 1. The van der Waals surface area contributed by atoms with Gasteiger partial charge in [0.05, 0.1) is 11.0 Å². The van der Waals surface area contributed by atoms with E-state index in [1.165, 1.54) is 22.4 Å². The largest absolute Gasteiger partial charge is 0.372 e. The second-order valence-corrected chi connectivity index (χ2v) is 7.63. The highest BCUT2D eigenvalue weighted by Gasteiger charge is 2.41. The van der Waals surface area contributed by atoms with Crippen molar-refractivity contribution in [3.05, 3.63) is 93.0 Å². The van der Waals surface area contributed by atoms with E-state index in [-0.39, 0.29) is 22.6 Å². The van der Waals surface area contributed by atoms with E-state index in [9.17, 15) is 10.1 Å². The van der Waals surface area contributed by atoms with Crippen LogP contribution in [0.2, 0.25) is 5.02 Å². The van der Waals surface area contributed by atoms with Crippen LogP contribution in [0, 0.1) is 16.0 Å². The Morgan fingerprint density at radius 1 is 1.07 bits per heavy atom. The van der Waals surface area contributed by atoms with Crippen molar-refractivity contribution in [2.45, 2.75) is 18.4 Å². The van der Waals surface area contributed by atoms with E-state index in [2.05, 4.69) is 47.8 Å². The average molecular weight is 377 g/mol. The second-order valence-electron chi connectivity index (χ2n) is 7.19. The van der Waals surface area contributed by atoms with Gasteiger partial charge in [-0.2, -0.15) is 0 Å². The van der Waals surface area contributed by atoms with Crippen LogP contribution in [0.3, 0.4) is 0 Å². The number of fused-ring (bicyclic) bond motifs is 4. The van der Waals surface area contributed by atoms with E-state index in [1.807, 2.05) is 18.2 Å². The molecule has 3 atom stereocenters. The minimum absolute atomic E-state index is 0.00322. The molecule has 3 unspecified atom stereocenters. The normalized spacial score (nSPS) is 22.9. The molecular weight excluding hydrogens is 360 g/mol. The molecule has 3 aromatic rings. The quantitative estimate of drug-likeness (QED) is 0.327. The monoisotopic (exact) mass is 376 g/mol. The number of nitro groups is 1. The summed E-state index contributed by atoms with van der Waals surface area (Å²) in [6.45, 7) is 0. The smallest absolute Gasteiger partial charge is 0.294 e. The van der Waals surface area contributed by atoms with Gasteiger partial charge < -0.3 is 5.32 Å². The molecule has 1 aliphatic carbocycles. The molecule has 1 heterocycles. The highest BCUT2D eigenvalue weighted by molar-refractivity contribution is 6.31. The summed E-state index contributed by atoms with van der Waals surface area (Å²) in [5.74, 6) is 0.434. The molecule has 3 aromatic carbocycles. The highest BCUT2D eigenvalue weighted by Crippen LogP contribution is 2.53. The van der Waals surface area contributed by atoms with E-state index in [0.717, 1.165) is 12.0 Å². The van der Waals surface area contributed by atoms with Gasteiger partial charge in [0.15, 0.2) is 0 Å². The number of benzene rings is 3. The van der Waals surface area contributed by atoms with Crippen molar-refractivity contribution in [1.82, 2.24) is 0 Å². The van der Waals surface area contributed by atoms with Crippen LogP contribution in [0.5, 0.6) is 0 Å². The van der Waals surface area contributed by atoms with Gasteiger partial charge in [0.25, 0.3) is 5.69 Å². The lowest BCUT2D eigenvalue weighted by Gasteiger charge is -2.37. The molecule has 0 fully saturated rings. The zero-order valence-electron chi connectivity index (χ0n) is 14.4. The van der Waals surface area contributed by atoms with Crippen molar-refractivity contribution in [1.29, 1.82) is 0 Å². The Hall–Kier alpha value is -2.85. The van der Waals surface area contributed by atoms with E-state index in [0.29, 0.717) is 16.6 Å². The summed E-state index contributed by atoms with van der Waals surface area (Å²) < 4.78 is 0. The summed E-state index contributed by atoms with van der Waals surface area (Å²) in [6, 6.07) is 17.9. The minimum Gasteiger partial charge on any atom is -0.372 e. The fourth-order valence-corrected chi connectivity index (χ4v) is 4.84. The van der Waals surface area contributed by atoms with Gasteiger partial charge in [0.1, 0.15) is 5.69 Å². The van der Waals surface area contributed by atoms with Gasteiger partial charge in [0, 0.05) is 17.0 Å². The molecule has 5 rings (SSSR count). The summed E-state index contributed by atoms with van der Waals surface area (Å²) in [5, 5.41) is 17.9. The molecule has 0 saturated heterocycles. The maximum absolute atomic E-state index is 11.7. The Morgan fingerprint density at radius 3 is 2.74 bits per heavy atom. The zero-order valence-corrected chi connectivity index (χ0v) is 15.2. The Kier molecular flexibility index (Phi) is 3.69. The Morgan fingerprint density at radius 2 is 1.89 bits per heavy atom. The summed E-state index contributed by atoms with van der Waals surface area (Å²) >= 11 is 6.19. The Balaban J connectivity index is 1.72. The van der Waals surface area contributed by atoms with Crippen LogP contribution in [0.4, 0.5) is 11.4 Å². The first-order valence-corrected chi connectivity index (χ1v) is 9.40. The van der Waals surface area contributed by atoms with Crippen LogP contribution < -0.4 is 5.32 Å². The third-order valence-electron chi connectivity index (χ3n) is 5.77. The van der Waals surface area contributed by atoms with Crippen LogP contribution in [-0.2, 0) is 0 Å². The van der Waals surface area contributed by atoms with Crippen LogP contribution in [0.25, 0.3) is 10.8 Å². The lowest BCUT2D eigenvalue weighted by molar-refractivity contribution is -0.384. The molecule has 0 aromatic heterocycles. The first-order chi connectivity index (χ1) is 13.1. The summed E-state index contributed by atoms with van der Waals surface area (Å²) in [4.78, 5) is 11.3. The molecule has 0 spiro atoms. The van der Waals surface area contributed by atoms with Crippen molar-refractivity contribution in [2.24, 2.45) is 5.92 Å². The first kappa shape index (κ1) is 16.3. The minimum atomic E-state index is -0.350. The molecule has 4 nitrogen and oxygen atoms in total. The van der Waals surface area contributed by atoms with Gasteiger partial charge in [-0.05, 0) is 40.3 Å². The number of nitro benzene ring substituents is 1. The van der Waals surface area contributed by atoms with Gasteiger partial charge >= 0.3 is 0 Å². The predicted molar refractivity (Wildman–Crippen MR) is 108 cm³/mol. The molecule has 1 N–H and O–H groups in total. The van der Waals surface area contributed by atoms with E-state index in [1.54, 1.807) is 0 Å². The molecule has 0 bridgehead atoms. The number of hydrogen-bond acceptors (Lipinski definition) is 3. The SMILES string of the molecule is O=[N+]([O-])c1cc(Cl)cc2c1NC(c1cccc3ccccc13)C1CC=CC21. The maximum atomic E-state index is 11.7. The molecule has 5 heteroatoms. The number of nitrogens with zero attached hydrogens (tertiary/aromatic N) is 1. The fourth-order valence-electron chi connectivity index (χ4n) is 4.62. The molecule has 0 radical (unpaired) electrons. The van der Waals surface area contributed by atoms with E-state index in [4.69, 9.17) is 11.6 Å². The van der Waals surface area contributed by atoms with Crippen molar-refractivity contribution >= 4 is 33.7 Å². The van der Waals surface area contributed by atoms with E-state index >= 15 is 0 Å². The van der Waals surface area contributed by atoms with Gasteiger partial charge in [-0.1, -0.05) is 66.2 Å². The molecule has 27 heavy (non-hydrogen) atoms. The van der Waals surface area contributed by atoms with Gasteiger partial charge in [-0.25, -0.2) is 0 Å². The molecule has 2 aliphatic rings. The maximum Gasteiger partial charge on any atom is 0.294 e.